The first kappa shape index (κ1) is 11.5. The quantitative estimate of drug-likeness (QED) is 0.742. The molecule has 82 valence electrons. The molecule has 1 rings (SSSR count). The van der Waals surface area contributed by atoms with E-state index in [1.165, 1.54) is 12.1 Å². The second-order valence-corrected chi connectivity index (χ2v) is 3.19. The molecule has 0 saturated heterocycles. The van der Waals surface area contributed by atoms with Gasteiger partial charge >= 0.3 is 0 Å². The van der Waals surface area contributed by atoms with E-state index in [2.05, 4.69) is 10.3 Å². The summed E-state index contributed by atoms with van der Waals surface area (Å²) in [5.41, 5.74) is -0.0340. The lowest BCUT2D eigenvalue weighted by Gasteiger charge is -2.10. The molecule has 1 aromatic heterocycles. The SMILES string of the molecule is COC(C)CNC(=O)c1cccc(=O)[nH]1. The van der Waals surface area contributed by atoms with Crippen molar-refractivity contribution < 1.29 is 9.53 Å². The fourth-order valence-electron chi connectivity index (χ4n) is 0.995. The fourth-order valence-corrected chi connectivity index (χ4v) is 0.995. The standard InChI is InChI=1S/C10H14N2O3/c1-7(15-2)6-11-10(14)8-4-3-5-9(13)12-8/h3-5,7H,6H2,1-2H3,(H,11,14)(H,12,13). The maximum absolute atomic E-state index is 11.5. The molecule has 0 aliphatic rings. The van der Waals surface area contributed by atoms with Crippen LogP contribution in [0.15, 0.2) is 23.0 Å². The van der Waals surface area contributed by atoms with Gasteiger partial charge in [0.05, 0.1) is 6.10 Å². The summed E-state index contributed by atoms with van der Waals surface area (Å²) in [6.45, 7) is 2.25. The Morgan fingerprint density at radius 2 is 2.33 bits per heavy atom. The number of nitrogens with one attached hydrogen (secondary N) is 2. The fraction of sp³-hybridized carbons (Fsp3) is 0.400. The van der Waals surface area contributed by atoms with Crippen molar-refractivity contribution in [2.45, 2.75) is 13.0 Å². The van der Waals surface area contributed by atoms with Crippen LogP contribution in [-0.4, -0.2) is 30.6 Å². The van der Waals surface area contributed by atoms with Crippen molar-refractivity contribution in [2.75, 3.05) is 13.7 Å². The van der Waals surface area contributed by atoms with Gasteiger partial charge in [0, 0.05) is 19.7 Å². The molecule has 0 spiro atoms. The number of pyridine rings is 1. The number of amides is 1. The number of carbonyl (C=O) groups excluding carboxylic acids is 1. The van der Waals surface area contributed by atoms with Crippen LogP contribution in [0.1, 0.15) is 17.4 Å². The van der Waals surface area contributed by atoms with Crippen molar-refractivity contribution in [2.24, 2.45) is 0 Å². The molecule has 1 unspecified atom stereocenters. The normalized spacial score (nSPS) is 12.1. The van der Waals surface area contributed by atoms with Gasteiger partial charge in [-0.25, -0.2) is 0 Å². The third-order valence-corrected chi connectivity index (χ3v) is 1.97. The van der Waals surface area contributed by atoms with E-state index in [1.807, 2.05) is 6.92 Å². The Bertz CT molecular complexity index is 386. The molecule has 0 aliphatic heterocycles. The second kappa shape index (κ2) is 5.31. The Labute approximate surface area is 87.5 Å². The molecule has 0 fully saturated rings. The van der Waals surface area contributed by atoms with Gasteiger partial charge in [-0.15, -0.1) is 0 Å². The Hall–Kier alpha value is -1.62. The smallest absolute Gasteiger partial charge is 0.267 e. The van der Waals surface area contributed by atoms with Gasteiger partial charge in [0.1, 0.15) is 5.69 Å². The van der Waals surface area contributed by atoms with Gasteiger partial charge in [0.15, 0.2) is 0 Å². The van der Waals surface area contributed by atoms with Crippen molar-refractivity contribution in [3.05, 3.63) is 34.2 Å². The summed E-state index contributed by atoms with van der Waals surface area (Å²) >= 11 is 0. The number of aromatic nitrogens is 1. The zero-order chi connectivity index (χ0) is 11.3. The number of H-pyrrole nitrogens is 1. The van der Waals surface area contributed by atoms with Gasteiger partial charge < -0.3 is 15.0 Å². The van der Waals surface area contributed by atoms with Crippen LogP contribution in [0.5, 0.6) is 0 Å². The highest BCUT2D eigenvalue weighted by molar-refractivity contribution is 5.92. The van der Waals surface area contributed by atoms with Crippen LogP contribution in [0.25, 0.3) is 0 Å². The summed E-state index contributed by atoms with van der Waals surface area (Å²) in [6.07, 6.45) is -0.0515. The Kier molecular flexibility index (Phi) is 4.05. The minimum absolute atomic E-state index is 0.0515. The van der Waals surface area contributed by atoms with Crippen LogP contribution in [0.3, 0.4) is 0 Å². The summed E-state index contributed by atoms with van der Waals surface area (Å²) in [5, 5.41) is 2.64. The lowest BCUT2D eigenvalue weighted by molar-refractivity contribution is 0.0866. The van der Waals surface area contributed by atoms with E-state index in [0.717, 1.165) is 0 Å². The monoisotopic (exact) mass is 210 g/mol. The van der Waals surface area contributed by atoms with Crippen LogP contribution >= 0.6 is 0 Å². The first-order valence-corrected chi connectivity index (χ1v) is 4.64. The predicted molar refractivity (Wildman–Crippen MR) is 55.9 cm³/mol. The molecule has 1 heterocycles. The van der Waals surface area contributed by atoms with Crippen LogP contribution in [0, 0.1) is 0 Å². The number of ether oxygens (including phenoxy) is 1. The average Bonchev–Trinajstić information content (AvgIpc) is 2.25. The molecule has 0 radical (unpaired) electrons. The van der Waals surface area contributed by atoms with Crippen LogP contribution in [-0.2, 0) is 4.74 Å². The van der Waals surface area contributed by atoms with Crippen LogP contribution in [0.4, 0.5) is 0 Å². The molecule has 1 atom stereocenters. The van der Waals surface area contributed by atoms with Gasteiger partial charge in [-0.1, -0.05) is 6.07 Å². The molecule has 0 aromatic carbocycles. The van der Waals surface area contributed by atoms with E-state index >= 15 is 0 Å². The second-order valence-electron chi connectivity index (χ2n) is 3.19. The molecule has 2 N–H and O–H groups in total. The molecule has 0 saturated carbocycles. The minimum Gasteiger partial charge on any atom is -0.380 e. The molecule has 1 amide bonds. The van der Waals surface area contributed by atoms with Gasteiger partial charge in [-0.05, 0) is 13.0 Å². The summed E-state index contributed by atoms with van der Waals surface area (Å²) in [7, 11) is 1.57. The van der Waals surface area contributed by atoms with Crippen molar-refractivity contribution >= 4 is 5.91 Å². The van der Waals surface area contributed by atoms with Crippen molar-refractivity contribution in [3.8, 4) is 0 Å². The zero-order valence-corrected chi connectivity index (χ0v) is 8.74. The molecule has 0 aliphatic carbocycles. The minimum atomic E-state index is -0.309. The summed E-state index contributed by atoms with van der Waals surface area (Å²) in [5.74, 6) is -0.309. The summed E-state index contributed by atoms with van der Waals surface area (Å²) in [6, 6.07) is 4.44. The molecular weight excluding hydrogens is 196 g/mol. The highest BCUT2D eigenvalue weighted by Gasteiger charge is 2.07. The Balaban J connectivity index is 2.58. The van der Waals surface area contributed by atoms with Gasteiger partial charge in [0.2, 0.25) is 5.56 Å². The molecule has 5 nitrogen and oxygen atoms in total. The van der Waals surface area contributed by atoms with E-state index in [1.54, 1.807) is 13.2 Å². The van der Waals surface area contributed by atoms with E-state index in [4.69, 9.17) is 4.74 Å². The third kappa shape index (κ3) is 3.55. The highest BCUT2D eigenvalue weighted by Crippen LogP contribution is 1.91. The maximum Gasteiger partial charge on any atom is 0.267 e. The van der Waals surface area contributed by atoms with E-state index in [0.29, 0.717) is 6.54 Å². The van der Waals surface area contributed by atoms with E-state index in [9.17, 15) is 9.59 Å². The number of hydrogen-bond donors (Lipinski definition) is 2. The Morgan fingerprint density at radius 1 is 1.60 bits per heavy atom. The van der Waals surface area contributed by atoms with Crippen LogP contribution < -0.4 is 10.9 Å². The molecule has 15 heavy (non-hydrogen) atoms. The number of methoxy groups -OCH3 is 1. The number of carbonyl (C=O) groups is 1. The van der Waals surface area contributed by atoms with Gasteiger partial charge in [0.25, 0.3) is 5.91 Å². The number of rotatable bonds is 4. The summed E-state index contributed by atoms with van der Waals surface area (Å²) in [4.78, 5) is 24.8. The van der Waals surface area contributed by atoms with Gasteiger partial charge in [-0.3, -0.25) is 9.59 Å². The number of hydrogen-bond acceptors (Lipinski definition) is 3. The van der Waals surface area contributed by atoms with E-state index < -0.39 is 0 Å². The Morgan fingerprint density at radius 3 is 2.93 bits per heavy atom. The third-order valence-electron chi connectivity index (χ3n) is 1.97. The highest BCUT2D eigenvalue weighted by atomic mass is 16.5. The van der Waals surface area contributed by atoms with Crippen LogP contribution in [0.2, 0.25) is 0 Å². The lowest BCUT2D eigenvalue weighted by atomic mass is 10.3. The topological polar surface area (TPSA) is 71.2 Å². The first-order valence-electron chi connectivity index (χ1n) is 4.64. The van der Waals surface area contributed by atoms with Crippen molar-refractivity contribution in [1.29, 1.82) is 0 Å². The number of aromatic amines is 1. The molecular formula is C10H14N2O3. The first-order chi connectivity index (χ1) is 7.13. The molecule has 5 heteroatoms. The lowest BCUT2D eigenvalue weighted by Crippen LogP contribution is -2.32. The summed E-state index contributed by atoms with van der Waals surface area (Å²) < 4.78 is 4.97. The largest absolute Gasteiger partial charge is 0.380 e. The van der Waals surface area contributed by atoms with E-state index in [-0.39, 0.29) is 23.3 Å². The molecule has 1 aromatic rings. The maximum atomic E-state index is 11.5. The predicted octanol–water partition coefficient (Wildman–Crippen LogP) is 0.140. The van der Waals surface area contributed by atoms with Gasteiger partial charge in [-0.2, -0.15) is 0 Å². The molecule has 0 bridgehead atoms. The van der Waals surface area contributed by atoms with Crippen molar-refractivity contribution in [1.82, 2.24) is 10.3 Å². The zero-order valence-electron chi connectivity index (χ0n) is 8.74. The average molecular weight is 210 g/mol. The van der Waals surface area contributed by atoms with Crippen molar-refractivity contribution in [3.63, 3.8) is 0 Å².